The summed E-state index contributed by atoms with van der Waals surface area (Å²) in [6, 6.07) is 13.1. The van der Waals surface area contributed by atoms with E-state index in [2.05, 4.69) is 4.57 Å². The molecule has 0 bridgehead atoms. The second kappa shape index (κ2) is 8.98. The van der Waals surface area contributed by atoms with E-state index in [0.29, 0.717) is 12.1 Å². The zero-order valence-corrected chi connectivity index (χ0v) is 20.4. The lowest BCUT2D eigenvalue weighted by atomic mass is 10.0. The van der Waals surface area contributed by atoms with E-state index in [0.717, 1.165) is 51.7 Å². The van der Waals surface area contributed by atoms with Gasteiger partial charge in [-0.15, -0.1) is 0 Å². The Morgan fingerprint density at radius 1 is 1.08 bits per heavy atom. The maximum absolute atomic E-state index is 13.3. The molecule has 0 radical (unpaired) electrons. The van der Waals surface area contributed by atoms with Gasteiger partial charge < -0.3 is 9.67 Å². The summed E-state index contributed by atoms with van der Waals surface area (Å²) < 4.78 is 3.41. The average molecular weight is 498 g/mol. The molecule has 5 aromatic rings. The molecule has 0 saturated heterocycles. The van der Waals surface area contributed by atoms with E-state index < -0.39 is 28.1 Å². The number of carbonyl (C=O) groups is 2. The molecule has 0 amide bonds. The first-order valence-corrected chi connectivity index (χ1v) is 11.7. The number of imidazole rings is 1. The fourth-order valence-electron chi connectivity index (χ4n) is 4.76. The maximum atomic E-state index is 13.3. The number of nitro benzene ring substituents is 1. The first-order valence-electron chi connectivity index (χ1n) is 11.7. The fourth-order valence-corrected chi connectivity index (χ4v) is 4.76. The van der Waals surface area contributed by atoms with Crippen LogP contribution in [0.25, 0.3) is 22.1 Å². The third kappa shape index (κ3) is 4.02. The lowest BCUT2D eigenvalue weighted by Crippen LogP contribution is -2.17. The molecule has 3 aromatic heterocycles. The van der Waals surface area contributed by atoms with Crippen LogP contribution < -0.4 is 0 Å². The van der Waals surface area contributed by atoms with Gasteiger partial charge in [0.25, 0.3) is 11.6 Å². The average Bonchev–Trinajstić information content (AvgIpc) is 3.44. The van der Waals surface area contributed by atoms with Crippen LogP contribution in [0.4, 0.5) is 5.69 Å². The van der Waals surface area contributed by atoms with Crippen LogP contribution in [0.5, 0.6) is 0 Å². The normalized spacial score (nSPS) is 11.3. The van der Waals surface area contributed by atoms with E-state index in [1.54, 1.807) is 18.3 Å². The predicted octanol–water partition coefficient (Wildman–Crippen LogP) is 4.91. The smallest absolute Gasteiger partial charge is 0.343 e. The Kier molecular flexibility index (Phi) is 5.79. The van der Waals surface area contributed by atoms with E-state index in [1.807, 2.05) is 39.0 Å². The van der Waals surface area contributed by atoms with Crippen LogP contribution in [-0.4, -0.2) is 41.0 Å². The van der Waals surface area contributed by atoms with Crippen molar-refractivity contribution in [2.75, 3.05) is 0 Å². The van der Waals surface area contributed by atoms with Crippen molar-refractivity contribution in [3.8, 4) is 0 Å². The first kappa shape index (κ1) is 23.9. The van der Waals surface area contributed by atoms with Crippen LogP contribution in [0.3, 0.4) is 0 Å². The molecule has 186 valence electrons. The molecular weight excluding hydrogens is 474 g/mol. The molecule has 0 fully saturated rings. The highest BCUT2D eigenvalue weighted by Gasteiger charge is 2.28. The number of pyridine rings is 1. The Balaban J connectivity index is 1.55. The van der Waals surface area contributed by atoms with Crippen LogP contribution in [0.1, 0.15) is 50.3 Å². The van der Waals surface area contributed by atoms with Crippen molar-refractivity contribution in [2.24, 2.45) is 0 Å². The van der Waals surface area contributed by atoms with Gasteiger partial charge in [0.1, 0.15) is 16.9 Å². The Bertz CT molecular complexity index is 1750. The molecule has 0 aliphatic carbocycles. The number of rotatable bonds is 6. The molecule has 0 unspecified atom stereocenters. The molecule has 0 atom stereocenters. The van der Waals surface area contributed by atoms with Crippen LogP contribution in [0.15, 0.2) is 54.7 Å². The van der Waals surface area contributed by atoms with Crippen molar-refractivity contribution in [1.29, 1.82) is 0 Å². The highest BCUT2D eigenvalue weighted by Crippen LogP contribution is 2.27. The van der Waals surface area contributed by atoms with Gasteiger partial charge in [-0.05, 0) is 55.3 Å². The van der Waals surface area contributed by atoms with E-state index in [1.165, 1.54) is 16.7 Å². The Morgan fingerprint density at radius 3 is 2.57 bits per heavy atom. The third-order valence-corrected chi connectivity index (χ3v) is 6.41. The summed E-state index contributed by atoms with van der Waals surface area (Å²) >= 11 is 0. The number of hydrogen-bond acceptors (Lipinski definition) is 6. The van der Waals surface area contributed by atoms with Crippen molar-refractivity contribution in [2.45, 2.75) is 33.7 Å². The van der Waals surface area contributed by atoms with Crippen molar-refractivity contribution in [3.05, 3.63) is 98.6 Å². The lowest BCUT2D eigenvalue weighted by Gasteiger charge is -2.10. The number of aromatic carboxylic acids is 1. The zero-order chi connectivity index (χ0) is 26.4. The lowest BCUT2D eigenvalue weighted by molar-refractivity contribution is -0.385. The van der Waals surface area contributed by atoms with Crippen LogP contribution in [0.2, 0.25) is 0 Å². The molecule has 37 heavy (non-hydrogen) atoms. The summed E-state index contributed by atoms with van der Waals surface area (Å²) in [5.74, 6) is -1.27. The topological polar surface area (TPSA) is 133 Å². The minimum absolute atomic E-state index is 0.252. The predicted molar refractivity (Wildman–Crippen MR) is 137 cm³/mol. The summed E-state index contributed by atoms with van der Waals surface area (Å²) in [5, 5.41) is 21.7. The van der Waals surface area contributed by atoms with Crippen LogP contribution >= 0.6 is 0 Å². The van der Waals surface area contributed by atoms with Crippen LogP contribution in [0, 0.1) is 24.0 Å². The maximum Gasteiger partial charge on any atom is 0.343 e. The molecule has 0 aliphatic heterocycles. The quantitative estimate of drug-likeness (QED) is 0.260. The van der Waals surface area contributed by atoms with Gasteiger partial charge in [0.2, 0.25) is 0 Å². The highest BCUT2D eigenvalue weighted by atomic mass is 16.6. The number of nitro groups is 1. The Hall–Kier alpha value is -4.86. The molecule has 5 rings (SSSR count). The molecule has 10 nitrogen and oxygen atoms in total. The van der Waals surface area contributed by atoms with E-state index >= 15 is 0 Å². The molecule has 2 aromatic carbocycles. The van der Waals surface area contributed by atoms with E-state index in [4.69, 9.17) is 9.97 Å². The monoisotopic (exact) mass is 497 g/mol. The molecular formula is C27H23N5O5. The highest BCUT2D eigenvalue weighted by molar-refractivity contribution is 6.10. The number of hydrogen-bond donors (Lipinski definition) is 1. The van der Waals surface area contributed by atoms with E-state index in [-0.39, 0.29) is 5.56 Å². The number of benzene rings is 2. The fraction of sp³-hybridized carbons (Fsp3) is 0.185. The van der Waals surface area contributed by atoms with Gasteiger partial charge in [-0.2, -0.15) is 0 Å². The minimum Gasteiger partial charge on any atom is -0.477 e. The summed E-state index contributed by atoms with van der Waals surface area (Å²) in [6.45, 7) is 6.57. The number of carboxylic acid groups (broad SMARTS) is 1. The van der Waals surface area contributed by atoms with Crippen molar-refractivity contribution < 1.29 is 19.6 Å². The van der Waals surface area contributed by atoms with Crippen molar-refractivity contribution >= 4 is 39.6 Å². The van der Waals surface area contributed by atoms with Gasteiger partial charge in [0.15, 0.2) is 5.65 Å². The number of carbonyl (C=O) groups excluding carboxylic acids is 1. The van der Waals surface area contributed by atoms with Crippen molar-refractivity contribution in [3.63, 3.8) is 0 Å². The first-order chi connectivity index (χ1) is 17.7. The van der Waals surface area contributed by atoms with Gasteiger partial charge in [-0.25, -0.2) is 14.8 Å². The van der Waals surface area contributed by atoms with Crippen LogP contribution in [-0.2, 0) is 13.0 Å². The third-order valence-electron chi connectivity index (χ3n) is 6.41. The van der Waals surface area contributed by atoms with Crippen molar-refractivity contribution in [1.82, 2.24) is 19.1 Å². The van der Waals surface area contributed by atoms with Gasteiger partial charge >= 0.3 is 5.97 Å². The number of fused-ring (bicyclic) bond motifs is 2. The molecule has 1 N–H and O–H groups in total. The summed E-state index contributed by atoms with van der Waals surface area (Å²) in [6.07, 6.45) is 2.29. The standard InChI is InChI=1S/C27H23N5O5/c1-4-22-29-24-15(2)12-16(3)28-25(24)31(22)14-17-8-9-20-18(13-17)10-11-30(20)26(33)19-6-5-7-21(32(36)37)23(19)27(34)35/h5-13H,4,14H2,1-3H3,(H,34,35). The number of aryl methyl sites for hydroxylation is 3. The molecule has 10 heteroatoms. The zero-order valence-electron chi connectivity index (χ0n) is 20.4. The number of aromatic nitrogens is 4. The van der Waals surface area contributed by atoms with Gasteiger partial charge in [0, 0.05) is 29.8 Å². The molecule has 0 saturated carbocycles. The summed E-state index contributed by atoms with van der Waals surface area (Å²) in [5.41, 5.74) is 3.73. The SMILES string of the molecule is CCc1nc2c(C)cc(C)nc2n1Cc1ccc2c(ccn2C(=O)c2cccc([N+](=O)[O-])c2C(=O)O)c1. The second-order valence-electron chi connectivity index (χ2n) is 8.87. The molecule has 0 spiro atoms. The van der Waals surface area contributed by atoms with Gasteiger partial charge in [-0.3, -0.25) is 19.5 Å². The molecule has 0 aliphatic rings. The number of carboxylic acids is 1. The van der Waals surface area contributed by atoms with Gasteiger partial charge in [-0.1, -0.05) is 19.1 Å². The summed E-state index contributed by atoms with van der Waals surface area (Å²) in [7, 11) is 0. The minimum atomic E-state index is -1.53. The Morgan fingerprint density at radius 2 is 1.86 bits per heavy atom. The van der Waals surface area contributed by atoms with E-state index in [9.17, 15) is 24.8 Å². The second-order valence-corrected chi connectivity index (χ2v) is 8.87. The Labute approximate surface area is 211 Å². The summed E-state index contributed by atoms with van der Waals surface area (Å²) in [4.78, 5) is 45.2. The van der Waals surface area contributed by atoms with Gasteiger partial charge in [0.05, 0.1) is 22.5 Å². The molecule has 3 heterocycles. The number of nitrogens with zero attached hydrogens (tertiary/aromatic N) is 5. The largest absolute Gasteiger partial charge is 0.477 e.